The van der Waals surface area contributed by atoms with E-state index in [0.717, 1.165) is 18.1 Å². The van der Waals surface area contributed by atoms with Gasteiger partial charge in [0.15, 0.2) is 10.8 Å². The highest BCUT2D eigenvalue weighted by Gasteiger charge is 2.32. The van der Waals surface area contributed by atoms with Gasteiger partial charge < -0.3 is 10.2 Å². The molecule has 4 nitrogen and oxygen atoms in total. The third kappa shape index (κ3) is 3.24. The van der Waals surface area contributed by atoms with Crippen LogP contribution in [0.25, 0.3) is 4.96 Å². The number of anilines is 1. The van der Waals surface area contributed by atoms with Crippen LogP contribution >= 0.6 is 11.3 Å². The molecule has 2 heterocycles. The lowest BCUT2D eigenvalue weighted by Crippen LogP contribution is -2.36. The number of thiazole rings is 1. The molecule has 0 aromatic carbocycles. The van der Waals surface area contributed by atoms with Gasteiger partial charge >= 0.3 is 0 Å². The molecule has 1 fully saturated rings. The van der Waals surface area contributed by atoms with Crippen LogP contribution in [0.1, 0.15) is 52.7 Å². The van der Waals surface area contributed by atoms with Crippen molar-refractivity contribution in [3.8, 4) is 0 Å². The van der Waals surface area contributed by atoms with Gasteiger partial charge in [-0.15, -0.1) is 11.3 Å². The molecular weight excluding hydrogens is 280 g/mol. The third-order valence-electron chi connectivity index (χ3n) is 3.85. The number of fused-ring (bicyclic) bond motifs is 1. The van der Waals surface area contributed by atoms with Crippen LogP contribution < -0.4 is 10.2 Å². The third-order valence-corrected chi connectivity index (χ3v) is 4.61. The van der Waals surface area contributed by atoms with Crippen LogP contribution in [0.15, 0.2) is 11.6 Å². The minimum absolute atomic E-state index is 0.118. The van der Waals surface area contributed by atoms with Gasteiger partial charge in [0, 0.05) is 36.2 Å². The number of nitrogens with zero attached hydrogens (tertiary/aromatic N) is 3. The lowest BCUT2D eigenvalue weighted by Gasteiger charge is -2.25. The van der Waals surface area contributed by atoms with Crippen molar-refractivity contribution in [3.63, 3.8) is 0 Å². The van der Waals surface area contributed by atoms with Crippen LogP contribution in [0, 0.1) is 0 Å². The molecule has 0 saturated heterocycles. The largest absolute Gasteiger partial charge is 0.352 e. The molecule has 5 heteroatoms. The van der Waals surface area contributed by atoms with E-state index >= 15 is 0 Å². The van der Waals surface area contributed by atoms with Gasteiger partial charge in [0.05, 0.1) is 5.69 Å². The molecule has 0 unspecified atom stereocenters. The summed E-state index contributed by atoms with van der Waals surface area (Å²) in [5.74, 6) is 1.20. The van der Waals surface area contributed by atoms with Crippen LogP contribution in [-0.4, -0.2) is 27.5 Å². The van der Waals surface area contributed by atoms with E-state index in [2.05, 4.69) is 53.9 Å². The van der Waals surface area contributed by atoms with Gasteiger partial charge in [-0.05, 0) is 40.0 Å². The van der Waals surface area contributed by atoms with Crippen LogP contribution in [0.5, 0.6) is 0 Å². The normalized spacial score (nSPS) is 15.8. The van der Waals surface area contributed by atoms with E-state index in [4.69, 9.17) is 4.98 Å². The van der Waals surface area contributed by atoms with Crippen LogP contribution in [0.2, 0.25) is 0 Å². The summed E-state index contributed by atoms with van der Waals surface area (Å²) in [7, 11) is 0. The zero-order valence-corrected chi connectivity index (χ0v) is 14.3. The first-order chi connectivity index (χ1) is 9.99. The van der Waals surface area contributed by atoms with E-state index in [9.17, 15) is 0 Å². The second-order valence-electron chi connectivity index (χ2n) is 6.97. The molecule has 2 aromatic rings. The summed E-state index contributed by atoms with van der Waals surface area (Å²) in [6, 6.07) is 0.711. The highest BCUT2D eigenvalue weighted by Crippen LogP contribution is 2.34. The summed E-state index contributed by atoms with van der Waals surface area (Å²) in [4.78, 5) is 8.56. The van der Waals surface area contributed by atoms with Gasteiger partial charge in [-0.3, -0.25) is 4.40 Å². The van der Waals surface area contributed by atoms with Crippen molar-refractivity contribution in [1.29, 1.82) is 0 Å². The Balaban J connectivity index is 1.94. The first-order valence-corrected chi connectivity index (χ1v) is 8.83. The van der Waals surface area contributed by atoms with E-state index < -0.39 is 0 Å². The smallest absolute Gasteiger partial charge is 0.195 e. The van der Waals surface area contributed by atoms with E-state index in [1.54, 1.807) is 11.3 Å². The first-order valence-electron chi connectivity index (χ1n) is 7.95. The summed E-state index contributed by atoms with van der Waals surface area (Å²) in [5.41, 5.74) is 1.42. The number of hydrogen-bond acceptors (Lipinski definition) is 4. The van der Waals surface area contributed by atoms with E-state index in [1.165, 1.54) is 30.8 Å². The molecule has 0 radical (unpaired) electrons. The van der Waals surface area contributed by atoms with Crippen molar-refractivity contribution in [3.05, 3.63) is 17.3 Å². The summed E-state index contributed by atoms with van der Waals surface area (Å²) >= 11 is 1.72. The van der Waals surface area contributed by atoms with Gasteiger partial charge in [0.1, 0.15) is 0 Å². The molecule has 0 atom stereocenters. The fourth-order valence-electron chi connectivity index (χ4n) is 2.65. The maximum atomic E-state index is 4.92. The lowest BCUT2D eigenvalue weighted by molar-refractivity contribution is 0.420. The van der Waals surface area contributed by atoms with Gasteiger partial charge in [-0.25, -0.2) is 4.98 Å². The average Bonchev–Trinajstić information content (AvgIpc) is 3.03. The number of rotatable bonds is 6. The molecule has 0 bridgehead atoms. The Kier molecular flexibility index (Phi) is 3.97. The molecule has 1 aliphatic carbocycles. The number of aromatic nitrogens is 2. The molecule has 0 amide bonds. The Morgan fingerprint density at radius 3 is 2.81 bits per heavy atom. The molecule has 1 N–H and O–H groups in total. The first kappa shape index (κ1) is 14.9. The van der Waals surface area contributed by atoms with Gasteiger partial charge in [-0.2, -0.15) is 0 Å². The SMILES string of the molecule is CCCN(c1nc2sccn2c1CNC(C)(C)C)C1CC1. The Morgan fingerprint density at radius 1 is 1.43 bits per heavy atom. The predicted molar refractivity (Wildman–Crippen MR) is 90.3 cm³/mol. The number of hydrogen-bond donors (Lipinski definition) is 1. The van der Waals surface area contributed by atoms with E-state index in [-0.39, 0.29) is 5.54 Å². The van der Waals surface area contributed by atoms with Crippen LogP contribution in [0.4, 0.5) is 5.82 Å². The van der Waals surface area contributed by atoms with Gasteiger partial charge in [0.25, 0.3) is 0 Å². The van der Waals surface area contributed by atoms with E-state index in [0.29, 0.717) is 6.04 Å². The number of nitrogens with one attached hydrogen (secondary N) is 1. The lowest BCUT2D eigenvalue weighted by atomic mass is 10.1. The molecule has 2 aromatic heterocycles. The maximum Gasteiger partial charge on any atom is 0.195 e. The predicted octanol–water partition coefficient (Wildman–Crippen LogP) is 3.66. The highest BCUT2D eigenvalue weighted by molar-refractivity contribution is 7.15. The topological polar surface area (TPSA) is 32.6 Å². The fourth-order valence-corrected chi connectivity index (χ4v) is 3.38. The minimum atomic E-state index is 0.118. The molecule has 3 rings (SSSR count). The molecule has 0 aliphatic heterocycles. The summed E-state index contributed by atoms with van der Waals surface area (Å²) < 4.78 is 2.25. The zero-order valence-electron chi connectivity index (χ0n) is 13.5. The molecule has 21 heavy (non-hydrogen) atoms. The highest BCUT2D eigenvalue weighted by atomic mass is 32.1. The van der Waals surface area contributed by atoms with Gasteiger partial charge in [-0.1, -0.05) is 6.92 Å². The molecule has 1 saturated carbocycles. The van der Waals surface area contributed by atoms with Crippen molar-refractivity contribution in [2.45, 2.75) is 65.1 Å². The summed E-state index contributed by atoms with van der Waals surface area (Å²) in [6.45, 7) is 10.9. The average molecular weight is 306 g/mol. The minimum Gasteiger partial charge on any atom is -0.352 e. The Bertz CT molecular complexity index is 603. The van der Waals surface area contributed by atoms with Crippen molar-refractivity contribution < 1.29 is 0 Å². The Labute approximate surface area is 131 Å². The molecular formula is C16H26N4S. The van der Waals surface area contributed by atoms with Crippen molar-refractivity contribution in [2.75, 3.05) is 11.4 Å². The second-order valence-corrected chi connectivity index (χ2v) is 7.84. The Hall–Kier alpha value is -1.07. The standard InChI is InChI=1S/C16H26N4S/c1-5-8-19(12-6-7-12)14-13(11-17-16(2,3)4)20-9-10-21-15(20)18-14/h9-10,12,17H,5-8,11H2,1-4H3. The fraction of sp³-hybridized carbons (Fsp3) is 0.688. The summed E-state index contributed by atoms with van der Waals surface area (Å²) in [5, 5.41) is 5.74. The van der Waals surface area contributed by atoms with E-state index in [1.807, 2.05) is 0 Å². The van der Waals surface area contributed by atoms with Crippen molar-refractivity contribution in [2.24, 2.45) is 0 Å². The Morgan fingerprint density at radius 2 is 2.19 bits per heavy atom. The quantitative estimate of drug-likeness (QED) is 0.884. The number of imidazole rings is 1. The molecule has 0 spiro atoms. The van der Waals surface area contributed by atoms with Crippen LogP contribution in [-0.2, 0) is 6.54 Å². The summed E-state index contributed by atoms with van der Waals surface area (Å²) in [6.07, 6.45) is 5.95. The second kappa shape index (κ2) is 5.61. The maximum absolute atomic E-state index is 4.92. The van der Waals surface area contributed by atoms with Crippen molar-refractivity contribution >= 4 is 22.1 Å². The van der Waals surface area contributed by atoms with Crippen LogP contribution in [0.3, 0.4) is 0 Å². The zero-order chi connectivity index (χ0) is 15.0. The molecule has 116 valence electrons. The van der Waals surface area contributed by atoms with Gasteiger partial charge in [0.2, 0.25) is 0 Å². The molecule has 1 aliphatic rings. The monoisotopic (exact) mass is 306 g/mol. The van der Waals surface area contributed by atoms with Crippen molar-refractivity contribution in [1.82, 2.24) is 14.7 Å².